The molecule has 1 N–H and O–H groups in total. The summed E-state index contributed by atoms with van der Waals surface area (Å²) in [7, 11) is 1.51. The molecule has 1 amide bonds. The molecular weight excluding hydrogens is 338 g/mol. The number of thioether (sulfide) groups is 1. The van der Waals surface area contributed by atoms with Crippen LogP contribution in [0.25, 0.3) is 0 Å². The highest BCUT2D eigenvalue weighted by Crippen LogP contribution is 2.29. The highest BCUT2D eigenvalue weighted by Gasteiger charge is 2.28. The van der Waals surface area contributed by atoms with Gasteiger partial charge in [-0.2, -0.15) is 0 Å². The number of carbonyl (C=O) groups excluding carboxylic acids is 2. The summed E-state index contributed by atoms with van der Waals surface area (Å²) < 4.78 is 10.4. The van der Waals surface area contributed by atoms with Gasteiger partial charge in [0, 0.05) is 10.9 Å². The molecule has 138 valence electrons. The molecule has 0 bridgehead atoms. The fourth-order valence-electron chi connectivity index (χ4n) is 3.21. The zero-order valence-electron chi connectivity index (χ0n) is 15.3. The molecular formula is C19H27NO4S. The highest BCUT2D eigenvalue weighted by atomic mass is 32.2. The summed E-state index contributed by atoms with van der Waals surface area (Å²) in [6, 6.07) is 5.43. The maximum Gasteiger partial charge on any atom is 0.342 e. The van der Waals surface area contributed by atoms with Gasteiger partial charge in [0.25, 0.3) is 5.91 Å². The fourth-order valence-corrected chi connectivity index (χ4v) is 3.64. The van der Waals surface area contributed by atoms with Crippen molar-refractivity contribution in [3.8, 4) is 5.75 Å². The summed E-state index contributed by atoms with van der Waals surface area (Å²) in [6.45, 7) is 4.11. The molecule has 5 nitrogen and oxygen atoms in total. The topological polar surface area (TPSA) is 64.6 Å². The molecule has 1 aromatic rings. The predicted molar refractivity (Wildman–Crippen MR) is 99.2 cm³/mol. The van der Waals surface area contributed by atoms with Crippen LogP contribution in [0.15, 0.2) is 23.1 Å². The van der Waals surface area contributed by atoms with Gasteiger partial charge in [0.2, 0.25) is 0 Å². The second kappa shape index (κ2) is 9.13. The van der Waals surface area contributed by atoms with Crippen LogP contribution in [0, 0.1) is 11.8 Å². The van der Waals surface area contributed by atoms with Crippen LogP contribution in [-0.2, 0) is 9.53 Å². The molecule has 0 aliphatic heterocycles. The minimum Gasteiger partial charge on any atom is -0.496 e. The van der Waals surface area contributed by atoms with Gasteiger partial charge in [-0.05, 0) is 42.7 Å². The van der Waals surface area contributed by atoms with Crippen molar-refractivity contribution in [2.75, 3.05) is 20.0 Å². The summed E-state index contributed by atoms with van der Waals surface area (Å²) in [5.41, 5.74) is 0.327. The summed E-state index contributed by atoms with van der Waals surface area (Å²) in [6.07, 6.45) is 5.25. The Morgan fingerprint density at radius 1 is 1.28 bits per heavy atom. The number of rotatable bonds is 6. The molecule has 2 rings (SSSR count). The van der Waals surface area contributed by atoms with Crippen LogP contribution in [0.2, 0.25) is 0 Å². The average molecular weight is 365 g/mol. The molecule has 1 aromatic carbocycles. The van der Waals surface area contributed by atoms with Crippen molar-refractivity contribution in [3.05, 3.63) is 23.8 Å². The van der Waals surface area contributed by atoms with Crippen LogP contribution in [-0.4, -0.2) is 37.9 Å². The van der Waals surface area contributed by atoms with Gasteiger partial charge < -0.3 is 14.8 Å². The normalized spacial score (nSPS) is 23.0. The summed E-state index contributed by atoms with van der Waals surface area (Å²) in [5.74, 6) is 0.684. The first-order valence-electron chi connectivity index (χ1n) is 8.64. The van der Waals surface area contributed by atoms with Crippen molar-refractivity contribution in [2.24, 2.45) is 11.8 Å². The number of esters is 1. The third-order valence-corrected chi connectivity index (χ3v) is 5.74. The van der Waals surface area contributed by atoms with Crippen molar-refractivity contribution < 1.29 is 19.1 Å². The van der Waals surface area contributed by atoms with Gasteiger partial charge in [-0.25, -0.2) is 4.79 Å². The quantitative estimate of drug-likeness (QED) is 0.617. The lowest BCUT2D eigenvalue weighted by Crippen LogP contribution is -2.45. The van der Waals surface area contributed by atoms with Gasteiger partial charge in [-0.15, -0.1) is 11.8 Å². The van der Waals surface area contributed by atoms with E-state index in [-0.39, 0.29) is 18.6 Å². The molecule has 0 radical (unpaired) electrons. The Kier molecular flexibility index (Phi) is 7.17. The second-order valence-electron chi connectivity index (χ2n) is 6.58. The Hall–Kier alpha value is -1.69. The first kappa shape index (κ1) is 19.6. The fraction of sp³-hybridized carbons (Fsp3) is 0.579. The number of benzene rings is 1. The number of carbonyl (C=O) groups is 2. The van der Waals surface area contributed by atoms with Gasteiger partial charge in [0.15, 0.2) is 6.61 Å². The molecule has 0 spiro atoms. The summed E-state index contributed by atoms with van der Waals surface area (Å²) in [4.78, 5) is 25.4. The molecule has 1 fully saturated rings. The van der Waals surface area contributed by atoms with Crippen molar-refractivity contribution in [1.29, 1.82) is 0 Å². The summed E-state index contributed by atoms with van der Waals surface area (Å²) in [5, 5.41) is 3.00. The minimum absolute atomic E-state index is 0.158. The van der Waals surface area contributed by atoms with E-state index in [0.717, 1.165) is 17.7 Å². The molecule has 1 saturated carbocycles. The Balaban J connectivity index is 1.90. The van der Waals surface area contributed by atoms with Gasteiger partial charge in [0.1, 0.15) is 11.3 Å². The van der Waals surface area contributed by atoms with Gasteiger partial charge >= 0.3 is 5.97 Å². The average Bonchev–Trinajstić information content (AvgIpc) is 2.62. The lowest BCUT2D eigenvalue weighted by atomic mass is 9.78. The third-order valence-electron chi connectivity index (χ3n) is 5.02. The number of methoxy groups -OCH3 is 1. The van der Waals surface area contributed by atoms with Crippen LogP contribution >= 0.6 is 11.8 Å². The van der Waals surface area contributed by atoms with E-state index in [1.165, 1.54) is 13.5 Å². The molecule has 0 aromatic heterocycles. The lowest BCUT2D eigenvalue weighted by molar-refractivity contribution is -0.125. The van der Waals surface area contributed by atoms with Crippen LogP contribution in [0.3, 0.4) is 0 Å². The van der Waals surface area contributed by atoms with E-state index in [4.69, 9.17) is 9.47 Å². The lowest BCUT2D eigenvalue weighted by Gasteiger charge is -2.34. The van der Waals surface area contributed by atoms with E-state index in [2.05, 4.69) is 19.2 Å². The molecule has 3 atom stereocenters. The van der Waals surface area contributed by atoms with Gasteiger partial charge in [-0.3, -0.25) is 4.79 Å². The van der Waals surface area contributed by atoms with Gasteiger partial charge in [0.05, 0.1) is 7.11 Å². The maximum absolute atomic E-state index is 12.2. The molecule has 0 saturated heterocycles. The monoisotopic (exact) mass is 365 g/mol. The second-order valence-corrected chi connectivity index (χ2v) is 7.46. The Morgan fingerprint density at radius 3 is 2.72 bits per heavy atom. The van der Waals surface area contributed by atoms with Crippen LogP contribution in [0.4, 0.5) is 0 Å². The van der Waals surface area contributed by atoms with E-state index in [0.29, 0.717) is 23.1 Å². The largest absolute Gasteiger partial charge is 0.496 e. The van der Waals surface area contributed by atoms with Crippen molar-refractivity contribution in [1.82, 2.24) is 5.32 Å². The molecule has 1 aliphatic carbocycles. The predicted octanol–water partition coefficient (Wildman–Crippen LogP) is 3.51. The van der Waals surface area contributed by atoms with Crippen molar-refractivity contribution in [2.45, 2.75) is 44.0 Å². The number of ether oxygens (including phenoxy) is 2. The van der Waals surface area contributed by atoms with Crippen molar-refractivity contribution >= 4 is 23.6 Å². The van der Waals surface area contributed by atoms with E-state index >= 15 is 0 Å². The summed E-state index contributed by atoms with van der Waals surface area (Å²) >= 11 is 1.56. The standard InChI is InChI=1S/C19H27NO4S/c1-12-6-5-7-16(13(12)2)20-18(21)11-24-19(22)15-9-8-14(25-4)10-17(15)23-3/h8-10,12-13,16H,5-7,11H2,1-4H3,(H,20,21)/t12-,13+,16-/m0/s1. The molecule has 0 unspecified atom stereocenters. The zero-order chi connectivity index (χ0) is 18.4. The van der Waals surface area contributed by atoms with Crippen LogP contribution in [0.5, 0.6) is 5.75 Å². The molecule has 0 heterocycles. The number of amides is 1. The number of hydrogen-bond donors (Lipinski definition) is 1. The van der Waals surface area contributed by atoms with Gasteiger partial charge in [-0.1, -0.05) is 26.7 Å². The smallest absolute Gasteiger partial charge is 0.342 e. The maximum atomic E-state index is 12.2. The molecule has 1 aliphatic rings. The highest BCUT2D eigenvalue weighted by molar-refractivity contribution is 7.98. The Bertz CT molecular complexity index is 619. The Morgan fingerprint density at radius 2 is 2.04 bits per heavy atom. The van der Waals surface area contributed by atoms with Crippen molar-refractivity contribution in [3.63, 3.8) is 0 Å². The minimum atomic E-state index is -0.551. The van der Waals surface area contributed by atoms with E-state index in [1.54, 1.807) is 23.9 Å². The third kappa shape index (κ3) is 5.14. The zero-order valence-corrected chi connectivity index (χ0v) is 16.2. The number of nitrogens with one attached hydrogen (secondary N) is 1. The number of hydrogen-bond acceptors (Lipinski definition) is 5. The van der Waals surface area contributed by atoms with Crippen LogP contribution < -0.4 is 10.1 Å². The van der Waals surface area contributed by atoms with Crippen LogP contribution in [0.1, 0.15) is 43.5 Å². The Labute approximate surface area is 153 Å². The van der Waals surface area contributed by atoms with E-state index < -0.39 is 5.97 Å². The first-order chi connectivity index (χ1) is 12.0. The van der Waals surface area contributed by atoms with E-state index in [1.807, 2.05) is 12.3 Å². The van der Waals surface area contributed by atoms with E-state index in [9.17, 15) is 9.59 Å². The first-order valence-corrected chi connectivity index (χ1v) is 9.87. The molecule has 6 heteroatoms. The SMILES string of the molecule is COc1cc(SC)ccc1C(=O)OCC(=O)N[C@H]1CCC[C@H](C)[C@H]1C. The molecule has 25 heavy (non-hydrogen) atoms.